The number of amides is 2. The molecule has 0 radical (unpaired) electrons. The highest BCUT2D eigenvalue weighted by molar-refractivity contribution is 5.98. The van der Waals surface area contributed by atoms with Crippen molar-refractivity contribution < 1.29 is 14.1 Å². The highest BCUT2D eigenvalue weighted by Crippen LogP contribution is 2.12. The zero-order valence-corrected chi connectivity index (χ0v) is 19.0. The summed E-state index contributed by atoms with van der Waals surface area (Å²) in [5.74, 6) is 6.99. The molecule has 0 aliphatic carbocycles. The number of anilines is 3. The third-order valence-electron chi connectivity index (χ3n) is 5.03. The fourth-order valence-electron chi connectivity index (χ4n) is 3.33. The molecule has 10 heteroatoms. The van der Waals surface area contributed by atoms with E-state index in [9.17, 15) is 4.79 Å². The predicted molar refractivity (Wildman–Crippen MR) is 129 cm³/mol. The molecule has 0 saturated carbocycles. The number of hydrogen-bond donors (Lipinski definition) is 3. The van der Waals surface area contributed by atoms with Crippen LogP contribution in [0.1, 0.15) is 23.2 Å². The number of ether oxygens (including phenoxy) is 1. The van der Waals surface area contributed by atoms with Gasteiger partial charge in [0.25, 0.3) is 0 Å². The summed E-state index contributed by atoms with van der Waals surface area (Å²) in [5, 5.41) is 12.3. The first-order valence-corrected chi connectivity index (χ1v) is 11.1. The molecular weight excluding hydrogens is 434 g/mol. The fourth-order valence-corrected chi connectivity index (χ4v) is 3.33. The number of nitrogens with one attached hydrogen (secondary N) is 3. The predicted octanol–water partition coefficient (Wildman–Crippen LogP) is 2.95. The van der Waals surface area contributed by atoms with Gasteiger partial charge in [-0.05, 0) is 38.1 Å². The third kappa shape index (κ3) is 7.30. The van der Waals surface area contributed by atoms with Crippen molar-refractivity contribution in [3.8, 4) is 11.8 Å². The lowest BCUT2D eigenvalue weighted by molar-refractivity contribution is 0.0378. The minimum Gasteiger partial charge on any atom is -0.379 e. The molecule has 176 valence electrons. The molecule has 1 aromatic carbocycles. The van der Waals surface area contributed by atoms with E-state index in [1.54, 1.807) is 37.5 Å². The fraction of sp³-hybridized carbons (Fsp3) is 0.333. The van der Waals surface area contributed by atoms with Crippen LogP contribution in [0.3, 0.4) is 0 Å². The second-order valence-corrected chi connectivity index (χ2v) is 7.77. The summed E-state index contributed by atoms with van der Waals surface area (Å²) < 4.78 is 10.3. The minimum atomic E-state index is -0.428. The van der Waals surface area contributed by atoms with E-state index in [2.05, 4.69) is 47.8 Å². The minimum absolute atomic E-state index is 0.279. The van der Waals surface area contributed by atoms with Crippen molar-refractivity contribution in [3.63, 3.8) is 0 Å². The lowest BCUT2D eigenvalue weighted by Gasteiger charge is -2.26. The van der Waals surface area contributed by atoms with Crippen LogP contribution in [0.25, 0.3) is 0 Å². The maximum Gasteiger partial charge on any atom is 0.326 e. The van der Waals surface area contributed by atoms with E-state index in [-0.39, 0.29) is 5.88 Å². The molecule has 3 N–H and O–H groups in total. The quantitative estimate of drug-likeness (QED) is 0.363. The summed E-state index contributed by atoms with van der Waals surface area (Å²) in [6, 6.07) is 8.45. The summed E-state index contributed by atoms with van der Waals surface area (Å²) in [4.78, 5) is 23.2. The first-order valence-electron chi connectivity index (χ1n) is 11.1. The molecule has 0 bridgehead atoms. The SMILES string of the molecule is Cc1cc(NC(=O)Nc2cccc(C#Cc3cnc(NCCCN4CCOCC4)nc3)c2)on1. The molecule has 3 aromatic rings. The van der Waals surface area contributed by atoms with Gasteiger partial charge in [-0.2, -0.15) is 0 Å². The standard InChI is InChI=1S/C24H27N7O3/c1-18-14-22(34-30-18)29-24(32)28-21-5-2-4-19(15-21)6-7-20-16-26-23(27-17-20)25-8-3-9-31-10-12-33-13-11-31/h2,4-5,14-17H,3,8-13H2,1H3,(H,25,26,27)(H2,28,29,32). The Morgan fingerprint density at radius 3 is 2.65 bits per heavy atom. The smallest absolute Gasteiger partial charge is 0.326 e. The molecule has 1 aliphatic rings. The number of morpholine rings is 1. The van der Waals surface area contributed by atoms with Crippen molar-refractivity contribution in [2.24, 2.45) is 0 Å². The van der Waals surface area contributed by atoms with Crippen molar-refractivity contribution in [3.05, 3.63) is 59.5 Å². The van der Waals surface area contributed by atoms with E-state index >= 15 is 0 Å². The van der Waals surface area contributed by atoms with Gasteiger partial charge in [-0.1, -0.05) is 23.1 Å². The number of hydrogen-bond acceptors (Lipinski definition) is 8. The molecule has 1 saturated heterocycles. The second kappa shape index (κ2) is 11.8. The largest absolute Gasteiger partial charge is 0.379 e. The molecule has 3 heterocycles. The molecule has 4 rings (SSSR count). The van der Waals surface area contributed by atoms with Crippen LogP contribution in [0, 0.1) is 18.8 Å². The Morgan fingerprint density at radius 1 is 1.09 bits per heavy atom. The number of nitrogens with zero attached hydrogens (tertiary/aromatic N) is 4. The summed E-state index contributed by atoms with van der Waals surface area (Å²) in [7, 11) is 0. The van der Waals surface area contributed by atoms with Gasteiger partial charge in [0.2, 0.25) is 11.8 Å². The monoisotopic (exact) mass is 461 g/mol. The lowest BCUT2D eigenvalue weighted by atomic mass is 10.2. The van der Waals surface area contributed by atoms with Gasteiger partial charge in [0, 0.05) is 49.3 Å². The Morgan fingerprint density at radius 2 is 1.88 bits per heavy atom. The van der Waals surface area contributed by atoms with Gasteiger partial charge in [0.05, 0.1) is 24.5 Å². The summed E-state index contributed by atoms with van der Waals surface area (Å²) in [6.45, 7) is 7.26. The molecule has 2 aromatic heterocycles. The van der Waals surface area contributed by atoms with E-state index in [1.165, 1.54) is 0 Å². The molecule has 1 aliphatic heterocycles. The number of carbonyl (C=O) groups excluding carboxylic acids is 1. The number of carbonyl (C=O) groups is 1. The number of aryl methyl sites for hydroxylation is 1. The van der Waals surface area contributed by atoms with E-state index < -0.39 is 6.03 Å². The van der Waals surface area contributed by atoms with Gasteiger partial charge in [0.1, 0.15) is 0 Å². The molecule has 1 fully saturated rings. The van der Waals surface area contributed by atoms with E-state index in [1.807, 2.05) is 12.1 Å². The normalized spacial score (nSPS) is 13.6. The lowest BCUT2D eigenvalue weighted by Crippen LogP contribution is -2.37. The van der Waals surface area contributed by atoms with Crippen molar-refractivity contribution in [1.82, 2.24) is 20.0 Å². The highest BCUT2D eigenvalue weighted by Gasteiger charge is 2.09. The molecule has 0 atom stereocenters. The zero-order valence-electron chi connectivity index (χ0n) is 19.0. The summed E-state index contributed by atoms with van der Waals surface area (Å²) >= 11 is 0. The van der Waals surface area contributed by atoms with Gasteiger partial charge in [-0.25, -0.2) is 14.8 Å². The van der Waals surface area contributed by atoms with Crippen molar-refractivity contribution in [1.29, 1.82) is 0 Å². The van der Waals surface area contributed by atoms with E-state index in [4.69, 9.17) is 9.26 Å². The van der Waals surface area contributed by atoms with Gasteiger partial charge < -0.3 is 19.9 Å². The first kappa shape index (κ1) is 23.2. The van der Waals surface area contributed by atoms with Crippen LogP contribution in [0.5, 0.6) is 0 Å². The number of aromatic nitrogens is 3. The average Bonchev–Trinajstić information content (AvgIpc) is 3.26. The van der Waals surface area contributed by atoms with Crippen LogP contribution in [0.4, 0.5) is 22.3 Å². The zero-order chi connectivity index (χ0) is 23.6. The van der Waals surface area contributed by atoms with Crippen LogP contribution in [-0.4, -0.2) is 65.4 Å². The van der Waals surface area contributed by atoms with Crippen molar-refractivity contribution in [2.45, 2.75) is 13.3 Å². The van der Waals surface area contributed by atoms with E-state index in [0.29, 0.717) is 22.9 Å². The Kier molecular flexibility index (Phi) is 8.05. The number of benzene rings is 1. The van der Waals surface area contributed by atoms with Crippen LogP contribution in [-0.2, 0) is 4.74 Å². The number of urea groups is 1. The molecule has 2 amide bonds. The summed E-state index contributed by atoms with van der Waals surface area (Å²) in [6.07, 6.45) is 4.41. The Balaban J connectivity index is 1.24. The van der Waals surface area contributed by atoms with Gasteiger partial charge in [-0.3, -0.25) is 10.2 Å². The molecule has 10 nitrogen and oxygen atoms in total. The van der Waals surface area contributed by atoms with Gasteiger partial charge in [0.15, 0.2) is 0 Å². The summed E-state index contributed by atoms with van der Waals surface area (Å²) in [5.41, 5.74) is 2.74. The molecular formula is C24H27N7O3. The maximum atomic E-state index is 12.1. The van der Waals surface area contributed by atoms with Crippen molar-refractivity contribution in [2.75, 3.05) is 55.3 Å². The molecule has 0 spiro atoms. The van der Waals surface area contributed by atoms with Crippen LogP contribution < -0.4 is 16.0 Å². The van der Waals surface area contributed by atoms with E-state index in [0.717, 1.165) is 51.4 Å². The molecule has 0 unspecified atom stereocenters. The van der Waals surface area contributed by atoms with Crippen LogP contribution >= 0.6 is 0 Å². The Hall–Kier alpha value is -3.94. The van der Waals surface area contributed by atoms with Crippen LogP contribution in [0.2, 0.25) is 0 Å². The molecule has 34 heavy (non-hydrogen) atoms. The third-order valence-corrected chi connectivity index (χ3v) is 5.03. The number of rotatable bonds is 7. The average molecular weight is 462 g/mol. The van der Waals surface area contributed by atoms with Crippen LogP contribution in [0.15, 0.2) is 47.2 Å². The second-order valence-electron chi connectivity index (χ2n) is 7.77. The highest BCUT2D eigenvalue weighted by atomic mass is 16.5. The van der Waals surface area contributed by atoms with Gasteiger partial charge >= 0.3 is 6.03 Å². The topological polar surface area (TPSA) is 117 Å². The van der Waals surface area contributed by atoms with Crippen molar-refractivity contribution >= 4 is 23.6 Å². The Bertz CT molecular complexity index is 1150. The van der Waals surface area contributed by atoms with Gasteiger partial charge in [-0.15, -0.1) is 0 Å². The maximum absolute atomic E-state index is 12.1. The Labute approximate surface area is 198 Å². The first-order chi connectivity index (χ1) is 16.6.